The third kappa shape index (κ3) is 6.48. The predicted octanol–water partition coefficient (Wildman–Crippen LogP) is 6.27. The molecule has 2 heterocycles. The minimum Gasteiger partial charge on any atom is -0.494 e. The van der Waals surface area contributed by atoms with Gasteiger partial charge in [0.05, 0.1) is 13.2 Å². The summed E-state index contributed by atoms with van der Waals surface area (Å²) < 4.78 is 11.7. The molecular formula is C26H30N4O2. The first-order valence-electron chi connectivity index (χ1n) is 11.3. The summed E-state index contributed by atoms with van der Waals surface area (Å²) in [5.41, 5.74) is 2.13. The Morgan fingerprint density at radius 2 is 0.938 bits per heavy atom. The average Bonchev–Trinajstić information content (AvgIpc) is 3.56. The predicted molar refractivity (Wildman–Crippen MR) is 127 cm³/mol. The summed E-state index contributed by atoms with van der Waals surface area (Å²) in [6.45, 7) is 1.52. The molecule has 0 saturated heterocycles. The first-order valence-corrected chi connectivity index (χ1v) is 11.3. The van der Waals surface area contributed by atoms with Crippen LogP contribution in [0.2, 0.25) is 0 Å². The first kappa shape index (κ1) is 21.7. The van der Waals surface area contributed by atoms with E-state index >= 15 is 0 Å². The zero-order chi connectivity index (χ0) is 21.8. The molecule has 2 aromatic heterocycles. The molecule has 0 amide bonds. The number of aromatic amines is 2. The largest absolute Gasteiger partial charge is 0.494 e. The highest BCUT2D eigenvalue weighted by Gasteiger charge is 2.02. The van der Waals surface area contributed by atoms with Gasteiger partial charge in [0.15, 0.2) is 0 Å². The Labute approximate surface area is 189 Å². The van der Waals surface area contributed by atoms with Gasteiger partial charge in [-0.05, 0) is 61.4 Å². The van der Waals surface area contributed by atoms with E-state index in [4.69, 9.17) is 9.47 Å². The van der Waals surface area contributed by atoms with Gasteiger partial charge in [-0.1, -0.05) is 25.7 Å². The molecule has 0 radical (unpaired) electrons. The van der Waals surface area contributed by atoms with Crippen molar-refractivity contribution in [1.29, 1.82) is 0 Å². The van der Waals surface area contributed by atoms with Crippen LogP contribution in [-0.4, -0.2) is 33.1 Å². The molecular weight excluding hydrogens is 400 g/mol. The van der Waals surface area contributed by atoms with Crippen LogP contribution in [-0.2, 0) is 0 Å². The van der Waals surface area contributed by atoms with Crippen molar-refractivity contribution in [2.75, 3.05) is 13.2 Å². The molecule has 4 aromatic rings. The van der Waals surface area contributed by atoms with Gasteiger partial charge in [-0.2, -0.15) is 0 Å². The van der Waals surface area contributed by atoms with E-state index in [-0.39, 0.29) is 0 Å². The highest BCUT2D eigenvalue weighted by atomic mass is 16.5. The standard InChI is InChI=1S/C26H30N4O2/c1(3-5-19-31-23-11-7-21(8-12-23)25-27-15-16-28-25)2-4-6-20-32-24-13-9-22(10-14-24)26-29-17-18-30-26/h7-18H,1-6,19-20H2,(H,27,28)(H,29,30). The van der Waals surface area contributed by atoms with Crippen molar-refractivity contribution >= 4 is 0 Å². The van der Waals surface area contributed by atoms with Gasteiger partial charge in [0.1, 0.15) is 23.1 Å². The van der Waals surface area contributed by atoms with Crippen LogP contribution < -0.4 is 9.47 Å². The fourth-order valence-electron chi connectivity index (χ4n) is 3.56. The van der Waals surface area contributed by atoms with E-state index in [0.29, 0.717) is 0 Å². The van der Waals surface area contributed by atoms with Crippen LogP contribution in [0.15, 0.2) is 73.3 Å². The second-order valence-electron chi connectivity index (χ2n) is 7.74. The smallest absolute Gasteiger partial charge is 0.137 e. The highest BCUT2D eigenvalue weighted by molar-refractivity contribution is 5.56. The SMILES string of the molecule is c1c[nH]c(-c2ccc(OCCCCCCCCOc3ccc(-c4ncc[nH]4)cc3)cc2)n1. The number of ether oxygens (including phenoxy) is 2. The van der Waals surface area contributed by atoms with E-state index in [1.54, 1.807) is 12.4 Å². The van der Waals surface area contributed by atoms with Crippen LogP contribution in [0, 0.1) is 0 Å². The summed E-state index contributed by atoms with van der Waals surface area (Å²) in [4.78, 5) is 14.7. The highest BCUT2D eigenvalue weighted by Crippen LogP contribution is 2.20. The van der Waals surface area contributed by atoms with E-state index in [0.717, 1.165) is 60.3 Å². The number of hydrogen-bond acceptors (Lipinski definition) is 4. The second kappa shape index (κ2) is 11.7. The van der Waals surface area contributed by atoms with Gasteiger partial charge in [-0.15, -0.1) is 0 Å². The Morgan fingerprint density at radius 1 is 0.531 bits per heavy atom. The third-order valence-corrected chi connectivity index (χ3v) is 5.33. The number of imidazole rings is 2. The number of aromatic nitrogens is 4. The Balaban J connectivity index is 1.01. The molecule has 0 aliphatic rings. The fourth-order valence-corrected chi connectivity index (χ4v) is 3.56. The molecule has 32 heavy (non-hydrogen) atoms. The summed E-state index contributed by atoms with van der Waals surface area (Å²) in [5, 5.41) is 0. The van der Waals surface area contributed by atoms with Gasteiger partial charge in [0.25, 0.3) is 0 Å². The molecule has 4 rings (SSSR count). The van der Waals surface area contributed by atoms with E-state index in [9.17, 15) is 0 Å². The zero-order valence-corrected chi connectivity index (χ0v) is 18.3. The average molecular weight is 431 g/mol. The molecule has 2 N–H and O–H groups in total. The van der Waals surface area contributed by atoms with Crippen LogP contribution in [0.4, 0.5) is 0 Å². The molecule has 0 saturated carbocycles. The monoisotopic (exact) mass is 430 g/mol. The molecule has 6 heteroatoms. The van der Waals surface area contributed by atoms with E-state index in [1.165, 1.54) is 25.7 Å². The zero-order valence-electron chi connectivity index (χ0n) is 18.3. The molecule has 0 unspecified atom stereocenters. The van der Waals surface area contributed by atoms with Crippen molar-refractivity contribution < 1.29 is 9.47 Å². The number of unbranched alkanes of at least 4 members (excludes halogenated alkanes) is 5. The van der Waals surface area contributed by atoms with Gasteiger partial charge in [-0.25, -0.2) is 9.97 Å². The lowest BCUT2D eigenvalue weighted by molar-refractivity contribution is 0.297. The van der Waals surface area contributed by atoms with Gasteiger partial charge in [0, 0.05) is 35.9 Å². The van der Waals surface area contributed by atoms with Crippen molar-refractivity contribution in [2.45, 2.75) is 38.5 Å². The summed E-state index contributed by atoms with van der Waals surface area (Å²) in [7, 11) is 0. The van der Waals surface area contributed by atoms with Crippen molar-refractivity contribution in [3.8, 4) is 34.3 Å². The molecule has 0 bridgehead atoms. The number of H-pyrrole nitrogens is 2. The van der Waals surface area contributed by atoms with E-state index in [1.807, 2.05) is 60.9 Å². The number of hydrogen-bond donors (Lipinski definition) is 2. The molecule has 0 aliphatic heterocycles. The van der Waals surface area contributed by atoms with Crippen molar-refractivity contribution in [3.05, 3.63) is 73.3 Å². The number of rotatable bonds is 13. The van der Waals surface area contributed by atoms with Crippen LogP contribution in [0.3, 0.4) is 0 Å². The van der Waals surface area contributed by atoms with E-state index in [2.05, 4.69) is 19.9 Å². The van der Waals surface area contributed by atoms with E-state index < -0.39 is 0 Å². The Hall–Kier alpha value is -3.54. The molecule has 0 spiro atoms. The summed E-state index contributed by atoms with van der Waals surface area (Å²) in [5.74, 6) is 3.58. The third-order valence-electron chi connectivity index (χ3n) is 5.33. The first-order chi connectivity index (χ1) is 15.9. The van der Waals surface area contributed by atoms with Gasteiger partial charge in [0.2, 0.25) is 0 Å². The quantitative estimate of drug-likeness (QED) is 0.245. The molecule has 6 nitrogen and oxygen atoms in total. The summed E-state index contributed by atoms with van der Waals surface area (Å²) in [6.07, 6.45) is 14.2. The van der Waals surface area contributed by atoms with Gasteiger partial charge >= 0.3 is 0 Å². The Bertz CT molecular complexity index is 925. The Morgan fingerprint density at radius 3 is 1.31 bits per heavy atom. The minimum absolute atomic E-state index is 0.761. The van der Waals surface area contributed by atoms with Crippen molar-refractivity contribution in [1.82, 2.24) is 19.9 Å². The maximum absolute atomic E-state index is 5.85. The molecule has 2 aromatic carbocycles. The van der Waals surface area contributed by atoms with Crippen molar-refractivity contribution in [3.63, 3.8) is 0 Å². The lowest BCUT2D eigenvalue weighted by Crippen LogP contribution is -1.98. The lowest BCUT2D eigenvalue weighted by Gasteiger charge is -2.08. The number of nitrogens with one attached hydrogen (secondary N) is 2. The molecule has 166 valence electrons. The van der Waals surface area contributed by atoms with Crippen LogP contribution in [0.1, 0.15) is 38.5 Å². The van der Waals surface area contributed by atoms with Gasteiger partial charge in [-0.3, -0.25) is 0 Å². The number of benzene rings is 2. The second-order valence-corrected chi connectivity index (χ2v) is 7.74. The maximum Gasteiger partial charge on any atom is 0.137 e. The fraction of sp³-hybridized carbons (Fsp3) is 0.308. The summed E-state index contributed by atoms with van der Waals surface area (Å²) in [6, 6.07) is 16.1. The van der Waals surface area contributed by atoms with Crippen molar-refractivity contribution in [2.24, 2.45) is 0 Å². The van der Waals surface area contributed by atoms with Crippen LogP contribution in [0.5, 0.6) is 11.5 Å². The normalized spacial score (nSPS) is 10.9. The molecule has 0 atom stereocenters. The van der Waals surface area contributed by atoms with Crippen LogP contribution >= 0.6 is 0 Å². The molecule has 0 aliphatic carbocycles. The minimum atomic E-state index is 0.761. The lowest BCUT2D eigenvalue weighted by atomic mass is 10.1. The molecule has 0 fully saturated rings. The topological polar surface area (TPSA) is 75.8 Å². The number of nitrogens with zero attached hydrogens (tertiary/aromatic N) is 2. The summed E-state index contributed by atoms with van der Waals surface area (Å²) >= 11 is 0. The maximum atomic E-state index is 5.85. The Kier molecular flexibility index (Phi) is 7.96. The van der Waals surface area contributed by atoms with Crippen LogP contribution in [0.25, 0.3) is 22.8 Å². The van der Waals surface area contributed by atoms with Gasteiger partial charge < -0.3 is 19.4 Å².